The Morgan fingerprint density at radius 1 is 1.00 bits per heavy atom. The van der Waals surface area contributed by atoms with E-state index in [1.807, 2.05) is 13.1 Å². The summed E-state index contributed by atoms with van der Waals surface area (Å²) in [5.74, 6) is -0.852. The highest BCUT2D eigenvalue weighted by Crippen LogP contribution is 2.25. The molecule has 0 atom stereocenters. The molecule has 0 spiro atoms. The average molecular weight is 381 g/mol. The molecular weight excluding hydrogens is 361 g/mol. The molecular formula is C21H20FN3O3. The van der Waals surface area contributed by atoms with Gasteiger partial charge in [-0.3, -0.25) is 19.3 Å². The molecule has 3 amide bonds. The van der Waals surface area contributed by atoms with E-state index < -0.39 is 11.8 Å². The highest BCUT2D eigenvalue weighted by molar-refractivity contribution is 6.21. The molecule has 0 aliphatic carbocycles. The maximum absolute atomic E-state index is 13.6. The molecule has 2 aromatic rings. The van der Waals surface area contributed by atoms with Gasteiger partial charge in [0.15, 0.2) is 0 Å². The van der Waals surface area contributed by atoms with Crippen LogP contribution in [-0.2, 0) is 13.0 Å². The number of hydrogen-bond donors (Lipinski definition) is 0. The molecule has 1 aromatic carbocycles. The zero-order valence-corrected chi connectivity index (χ0v) is 15.5. The van der Waals surface area contributed by atoms with Gasteiger partial charge in [0.25, 0.3) is 17.7 Å². The van der Waals surface area contributed by atoms with E-state index in [-0.39, 0.29) is 24.6 Å². The maximum Gasteiger partial charge on any atom is 0.261 e. The van der Waals surface area contributed by atoms with Gasteiger partial charge >= 0.3 is 0 Å². The number of halogens is 1. The number of benzene rings is 1. The lowest BCUT2D eigenvalue weighted by molar-refractivity contribution is 0.0665. The van der Waals surface area contributed by atoms with Crippen molar-refractivity contribution in [3.8, 4) is 0 Å². The number of carbonyl (C=O) groups excluding carboxylic acids is 3. The molecule has 0 unspecified atom stereocenters. The molecule has 144 valence electrons. The number of rotatable bonds is 5. The summed E-state index contributed by atoms with van der Waals surface area (Å²) in [4.78, 5) is 40.2. The normalized spacial score (nSPS) is 16.6. The molecule has 1 aromatic heterocycles. The molecule has 0 N–H and O–H groups in total. The van der Waals surface area contributed by atoms with E-state index >= 15 is 0 Å². The van der Waals surface area contributed by atoms with Gasteiger partial charge in [-0.05, 0) is 36.6 Å². The Hall–Kier alpha value is -3.22. The monoisotopic (exact) mass is 381 g/mol. The second-order valence-corrected chi connectivity index (χ2v) is 7.01. The Morgan fingerprint density at radius 3 is 2.29 bits per heavy atom. The average Bonchev–Trinajstić information content (AvgIpc) is 3.23. The fraction of sp³-hybridized carbons (Fsp3) is 0.286. The first-order chi connectivity index (χ1) is 13.5. The van der Waals surface area contributed by atoms with Crippen LogP contribution in [0.15, 0.2) is 48.6 Å². The van der Waals surface area contributed by atoms with Crippen molar-refractivity contribution in [2.45, 2.75) is 19.9 Å². The molecule has 0 radical (unpaired) electrons. The van der Waals surface area contributed by atoms with Crippen LogP contribution in [0.2, 0.25) is 0 Å². The number of fused-ring (bicyclic) bond motifs is 2. The molecule has 0 fully saturated rings. The summed E-state index contributed by atoms with van der Waals surface area (Å²) in [6, 6.07) is 6.58. The van der Waals surface area contributed by atoms with Crippen molar-refractivity contribution in [2.24, 2.45) is 0 Å². The topological polar surface area (TPSA) is 62.6 Å². The van der Waals surface area contributed by atoms with Crippen molar-refractivity contribution in [1.82, 2.24) is 14.4 Å². The largest absolute Gasteiger partial charge is 0.349 e. The molecule has 7 heteroatoms. The van der Waals surface area contributed by atoms with E-state index in [1.54, 1.807) is 39.9 Å². The summed E-state index contributed by atoms with van der Waals surface area (Å²) >= 11 is 0. The second-order valence-electron chi connectivity index (χ2n) is 7.01. The van der Waals surface area contributed by atoms with E-state index in [4.69, 9.17) is 0 Å². The van der Waals surface area contributed by atoms with E-state index in [9.17, 15) is 18.8 Å². The van der Waals surface area contributed by atoms with E-state index in [0.717, 1.165) is 16.9 Å². The fourth-order valence-electron chi connectivity index (χ4n) is 3.81. The summed E-state index contributed by atoms with van der Waals surface area (Å²) in [7, 11) is 0. The quantitative estimate of drug-likeness (QED) is 0.748. The van der Waals surface area contributed by atoms with E-state index in [1.165, 1.54) is 0 Å². The van der Waals surface area contributed by atoms with Crippen LogP contribution in [-0.4, -0.2) is 51.7 Å². The lowest BCUT2D eigenvalue weighted by Gasteiger charge is -2.25. The number of nitrogens with zero attached hydrogens (tertiary/aromatic N) is 3. The minimum Gasteiger partial charge on any atom is -0.349 e. The summed E-state index contributed by atoms with van der Waals surface area (Å²) in [6.45, 7) is 3.30. The first kappa shape index (κ1) is 18.2. The lowest BCUT2D eigenvalue weighted by Crippen LogP contribution is -2.36. The maximum atomic E-state index is 13.6. The standard InChI is InChI=1S/C21H20FN3O3/c1-2-24-8-7-15-12-23(13-18(15)19(24)26)10-14(9-22)11-25-20(27)16-5-3-4-6-17(16)21(25)28/h3-6,9,12-13H,2,7-8,10-11H2,1H3. The smallest absolute Gasteiger partial charge is 0.261 e. The molecule has 2 aliphatic heterocycles. The zero-order chi connectivity index (χ0) is 19.8. The van der Waals surface area contributed by atoms with Gasteiger partial charge in [0.2, 0.25) is 0 Å². The van der Waals surface area contributed by atoms with Crippen LogP contribution in [0.25, 0.3) is 0 Å². The third-order valence-electron chi connectivity index (χ3n) is 5.29. The Balaban J connectivity index is 1.51. The highest BCUT2D eigenvalue weighted by atomic mass is 19.1. The minimum atomic E-state index is -0.416. The summed E-state index contributed by atoms with van der Waals surface area (Å²) < 4.78 is 15.3. The van der Waals surface area contributed by atoms with Crippen molar-refractivity contribution < 1.29 is 18.8 Å². The van der Waals surface area contributed by atoms with Gasteiger partial charge in [0.05, 0.1) is 29.6 Å². The third kappa shape index (κ3) is 2.93. The Labute approximate surface area is 161 Å². The molecule has 3 heterocycles. The Bertz CT molecular complexity index is 973. The van der Waals surface area contributed by atoms with Crippen LogP contribution >= 0.6 is 0 Å². The molecule has 28 heavy (non-hydrogen) atoms. The first-order valence-corrected chi connectivity index (χ1v) is 9.24. The van der Waals surface area contributed by atoms with Gasteiger partial charge in [-0.15, -0.1) is 0 Å². The number of likely N-dealkylation sites (N-methyl/N-ethyl adjacent to an activating group) is 1. The van der Waals surface area contributed by atoms with Crippen molar-refractivity contribution in [3.05, 3.63) is 70.8 Å². The summed E-state index contributed by atoms with van der Waals surface area (Å²) in [5.41, 5.74) is 2.53. The van der Waals surface area contributed by atoms with E-state index in [2.05, 4.69) is 0 Å². The first-order valence-electron chi connectivity index (χ1n) is 9.24. The number of carbonyl (C=O) groups is 3. The molecule has 0 saturated carbocycles. The minimum absolute atomic E-state index is 0.0198. The molecule has 0 bridgehead atoms. The van der Waals surface area contributed by atoms with Gasteiger partial charge < -0.3 is 9.47 Å². The van der Waals surface area contributed by atoms with E-state index in [0.29, 0.717) is 36.1 Å². The predicted molar refractivity (Wildman–Crippen MR) is 101 cm³/mol. The molecule has 6 nitrogen and oxygen atoms in total. The van der Waals surface area contributed by atoms with Gasteiger partial charge in [0, 0.05) is 32.0 Å². The van der Waals surface area contributed by atoms with Crippen LogP contribution in [0.4, 0.5) is 4.39 Å². The van der Waals surface area contributed by atoms with Gasteiger partial charge in [-0.2, -0.15) is 0 Å². The highest BCUT2D eigenvalue weighted by Gasteiger charge is 2.35. The Kier molecular flexibility index (Phi) is 4.58. The van der Waals surface area contributed by atoms with Crippen LogP contribution in [0.3, 0.4) is 0 Å². The van der Waals surface area contributed by atoms with Gasteiger partial charge in [0.1, 0.15) is 0 Å². The van der Waals surface area contributed by atoms with Crippen molar-refractivity contribution in [2.75, 3.05) is 19.6 Å². The van der Waals surface area contributed by atoms with Crippen LogP contribution < -0.4 is 0 Å². The second kappa shape index (κ2) is 7.07. The van der Waals surface area contributed by atoms with Gasteiger partial charge in [-0.25, -0.2) is 4.39 Å². The summed E-state index contributed by atoms with van der Waals surface area (Å²) in [6.07, 6.45) is 4.75. The number of aromatic nitrogens is 1. The Morgan fingerprint density at radius 2 is 1.68 bits per heavy atom. The third-order valence-corrected chi connectivity index (χ3v) is 5.29. The molecule has 2 aliphatic rings. The SMILES string of the molecule is CCN1CCc2cn(CC(=CF)CN3C(=O)c4ccccc4C3=O)cc2C1=O. The van der Waals surface area contributed by atoms with Crippen LogP contribution in [0.1, 0.15) is 43.6 Å². The van der Waals surface area contributed by atoms with Crippen LogP contribution in [0, 0.1) is 0 Å². The summed E-state index contributed by atoms with van der Waals surface area (Å²) in [5, 5.41) is 0. The van der Waals surface area contributed by atoms with Gasteiger partial charge in [-0.1, -0.05) is 12.1 Å². The zero-order valence-electron chi connectivity index (χ0n) is 15.5. The van der Waals surface area contributed by atoms with Crippen LogP contribution in [0.5, 0.6) is 0 Å². The molecule has 4 rings (SSSR count). The fourth-order valence-corrected chi connectivity index (χ4v) is 3.81. The van der Waals surface area contributed by atoms with Crippen molar-refractivity contribution in [1.29, 1.82) is 0 Å². The van der Waals surface area contributed by atoms with Crippen molar-refractivity contribution in [3.63, 3.8) is 0 Å². The molecule has 0 saturated heterocycles. The number of amides is 3. The number of hydrogen-bond acceptors (Lipinski definition) is 3. The van der Waals surface area contributed by atoms with Crippen molar-refractivity contribution >= 4 is 17.7 Å². The predicted octanol–water partition coefficient (Wildman–Crippen LogP) is 2.66. The number of imide groups is 1. The lowest BCUT2D eigenvalue weighted by atomic mass is 10.1.